The van der Waals surface area contributed by atoms with Gasteiger partial charge in [0.15, 0.2) is 0 Å². The van der Waals surface area contributed by atoms with Gasteiger partial charge in [0.2, 0.25) is 5.89 Å². The van der Waals surface area contributed by atoms with E-state index in [4.69, 9.17) is 4.42 Å². The molecule has 0 fully saturated rings. The summed E-state index contributed by atoms with van der Waals surface area (Å²) in [7, 11) is 0. The van der Waals surface area contributed by atoms with Crippen molar-refractivity contribution in [1.29, 1.82) is 0 Å². The highest BCUT2D eigenvalue weighted by Gasteiger charge is 2.04. The standard InChI is InChI=1S/C12H13NO.2C2H6/c1-8-4-5-11(6-9(8)2)12-13-7-10(3)14-12;2*1-2/h4-7H,1-3H3;2*1-2H3. The Balaban J connectivity index is 0.000000659. The fourth-order valence-corrected chi connectivity index (χ4v) is 1.36. The van der Waals surface area contributed by atoms with E-state index in [9.17, 15) is 0 Å². The van der Waals surface area contributed by atoms with Gasteiger partial charge in [-0.25, -0.2) is 4.98 Å². The summed E-state index contributed by atoms with van der Waals surface area (Å²) in [4.78, 5) is 4.19. The Morgan fingerprint density at radius 3 is 1.94 bits per heavy atom. The first-order valence-electron chi connectivity index (χ1n) is 6.67. The molecule has 0 aliphatic heterocycles. The van der Waals surface area contributed by atoms with Crippen LogP contribution in [0.15, 0.2) is 28.8 Å². The Labute approximate surface area is 111 Å². The molecule has 2 aromatic rings. The Bertz CT molecular complexity index is 458. The molecule has 0 atom stereocenters. The van der Waals surface area contributed by atoms with Crippen LogP contribution in [0.1, 0.15) is 44.6 Å². The summed E-state index contributed by atoms with van der Waals surface area (Å²) in [5, 5.41) is 0. The second-order valence-electron chi connectivity index (χ2n) is 3.58. The second-order valence-corrected chi connectivity index (χ2v) is 3.58. The lowest BCUT2D eigenvalue weighted by Crippen LogP contribution is -1.82. The molecule has 0 saturated heterocycles. The predicted octanol–water partition coefficient (Wildman–Crippen LogP) is 5.32. The summed E-state index contributed by atoms with van der Waals surface area (Å²) in [5.41, 5.74) is 3.59. The van der Waals surface area contributed by atoms with Crippen LogP contribution in [-0.2, 0) is 0 Å². The molecule has 0 radical (unpaired) electrons. The fraction of sp³-hybridized carbons (Fsp3) is 0.438. The molecule has 0 aliphatic rings. The monoisotopic (exact) mass is 247 g/mol. The van der Waals surface area contributed by atoms with Crippen LogP contribution in [0.3, 0.4) is 0 Å². The van der Waals surface area contributed by atoms with Gasteiger partial charge < -0.3 is 4.42 Å². The van der Waals surface area contributed by atoms with E-state index in [0.29, 0.717) is 5.89 Å². The molecule has 18 heavy (non-hydrogen) atoms. The van der Waals surface area contributed by atoms with Crippen molar-refractivity contribution in [3.63, 3.8) is 0 Å². The molecule has 1 aromatic heterocycles. The van der Waals surface area contributed by atoms with Crippen LogP contribution >= 0.6 is 0 Å². The maximum Gasteiger partial charge on any atom is 0.226 e. The van der Waals surface area contributed by atoms with Crippen molar-refractivity contribution in [2.75, 3.05) is 0 Å². The van der Waals surface area contributed by atoms with E-state index < -0.39 is 0 Å². The van der Waals surface area contributed by atoms with Crippen molar-refractivity contribution in [3.8, 4) is 11.5 Å². The average molecular weight is 247 g/mol. The smallest absolute Gasteiger partial charge is 0.226 e. The fourth-order valence-electron chi connectivity index (χ4n) is 1.36. The zero-order valence-electron chi connectivity index (χ0n) is 12.7. The van der Waals surface area contributed by atoms with Gasteiger partial charge in [0.1, 0.15) is 5.76 Å². The molecule has 0 saturated carbocycles. The van der Waals surface area contributed by atoms with Gasteiger partial charge in [0, 0.05) is 5.56 Å². The van der Waals surface area contributed by atoms with Gasteiger partial charge in [0.05, 0.1) is 6.20 Å². The quantitative estimate of drug-likeness (QED) is 0.681. The number of rotatable bonds is 1. The van der Waals surface area contributed by atoms with Crippen LogP contribution in [0.5, 0.6) is 0 Å². The molecule has 1 aromatic carbocycles. The van der Waals surface area contributed by atoms with Crippen molar-refractivity contribution in [2.24, 2.45) is 0 Å². The number of oxazole rings is 1. The molecule has 0 N–H and O–H groups in total. The van der Waals surface area contributed by atoms with E-state index in [1.165, 1.54) is 11.1 Å². The summed E-state index contributed by atoms with van der Waals surface area (Å²) in [6.07, 6.45) is 1.74. The van der Waals surface area contributed by atoms with E-state index >= 15 is 0 Å². The Kier molecular flexibility index (Phi) is 7.77. The minimum atomic E-state index is 0.700. The zero-order chi connectivity index (χ0) is 14.1. The van der Waals surface area contributed by atoms with Crippen LogP contribution in [0.25, 0.3) is 11.5 Å². The van der Waals surface area contributed by atoms with Crippen molar-refractivity contribution < 1.29 is 4.42 Å². The third-order valence-electron chi connectivity index (χ3n) is 2.38. The second kappa shape index (κ2) is 8.51. The normalized spacial score (nSPS) is 8.83. The number of aromatic nitrogens is 1. The van der Waals surface area contributed by atoms with Gasteiger partial charge in [-0.1, -0.05) is 33.8 Å². The van der Waals surface area contributed by atoms with E-state index in [0.717, 1.165) is 11.3 Å². The number of hydrogen-bond donors (Lipinski definition) is 0. The highest BCUT2D eigenvalue weighted by atomic mass is 16.4. The maximum atomic E-state index is 5.45. The first-order chi connectivity index (χ1) is 8.66. The van der Waals surface area contributed by atoms with E-state index in [2.05, 4.69) is 31.0 Å². The van der Waals surface area contributed by atoms with Crippen LogP contribution in [0.4, 0.5) is 0 Å². The van der Waals surface area contributed by atoms with Crippen molar-refractivity contribution >= 4 is 0 Å². The predicted molar refractivity (Wildman–Crippen MR) is 78.8 cm³/mol. The summed E-state index contributed by atoms with van der Waals surface area (Å²) in [5.74, 6) is 1.55. The zero-order valence-corrected chi connectivity index (χ0v) is 12.7. The number of aryl methyl sites for hydroxylation is 3. The summed E-state index contributed by atoms with van der Waals surface area (Å²) < 4.78 is 5.45. The van der Waals surface area contributed by atoms with Crippen LogP contribution < -0.4 is 0 Å². The number of benzene rings is 1. The number of nitrogens with zero attached hydrogens (tertiary/aromatic N) is 1. The molecule has 0 amide bonds. The van der Waals surface area contributed by atoms with Crippen LogP contribution in [-0.4, -0.2) is 4.98 Å². The van der Waals surface area contributed by atoms with Gasteiger partial charge in [-0.05, 0) is 44.0 Å². The lowest BCUT2D eigenvalue weighted by molar-refractivity contribution is 0.542. The van der Waals surface area contributed by atoms with Gasteiger partial charge in [0.25, 0.3) is 0 Å². The van der Waals surface area contributed by atoms with Gasteiger partial charge in [-0.15, -0.1) is 0 Å². The molecule has 1 heterocycles. The minimum absolute atomic E-state index is 0.700. The van der Waals surface area contributed by atoms with Crippen molar-refractivity contribution in [1.82, 2.24) is 4.98 Å². The van der Waals surface area contributed by atoms with Crippen molar-refractivity contribution in [2.45, 2.75) is 48.5 Å². The molecule has 0 spiro atoms. The van der Waals surface area contributed by atoms with Crippen LogP contribution in [0, 0.1) is 20.8 Å². The van der Waals surface area contributed by atoms with E-state index in [1.54, 1.807) is 6.20 Å². The van der Waals surface area contributed by atoms with Gasteiger partial charge in [-0.2, -0.15) is 0 Å². The molecular weight excluding hydrogens is 222 g/mol. The first kappa shape index (κ1) is 16.4. The highest BCUT2D eigenvalue weighted by molar-refractivity contribution is 5.55. The summed E-state index contributed by atoms with van der Waals surface area (Å²) >= 11 is 0. The van der Waals surface area contributed by atoms with Crippen molar-refractivity contribution in [3.05, 3.63) is 41.3 Å². The third-order valence-corrected chi connectivity index (χ3v) is 2.38. The summed E-state index contributed by atoms with van der Waals surface area (Å²) in [6, 6.07) is 6.22. The third kappa shape index (κ3) is 4.36. The SMILES string of the molecule is CC.CC.Cc1cnc(-c2ccc(C)c(C)c2)o1. The maximum absolute atomic E-state index is 5.45. The number of hydrogen-bond acceptors (Lipinski definition) is 2. The Hall–Kier alpha value is -1.57. The molecule has 0 unspecified atom stereocenters. The lowest BCUT2D eigenvalue weighted by atomic mass is 10.1. The van der Waals surface area contributed by atoms with Gasteiger partial charge >= 0.3 is 0 Å². The molecule has 2 rings (SSSR count). The van der Waals surface area contributed by atoms with Crippen LogP contribution in [0.2, 0.25) is 0 Å². The first-order valence-corrected chi connectivity index (χ1v) is 6.67. The topological polar surface area (TPSA) is 26.0 Å². The average Bonchev–Trinajstić information content (AvgIpc) is 2.84. The molecule has 2 nitrogen and oxygen atoms in total. The Morgan fingerprint density at radius 1 is 0.889 bits per heavy atom. The molecular formula is C16H25NO. The van der Waals surface area contributed by atoms with Gasteiger partial charge in [-0.3, -0.25) is 0 Å². The molecule has 2 heteroatoms. The lowest BCUT2D eigenvalue weighted by Gasteiger charge is -2.01. The van der Waals surface area contributed by atoms with E-state index in [1.807, 2.05) is 40.7 Å². The molecule has 0 aliphatic carbocycles. The largest absolute Gasteiger partial charge is 0.441 e. The Morgan fingerprint density at radius 2 is 1.50 bits per heavy atom. The minimum Gasteiger partial charge on any atom is -0.441 e. The molecule has 100 valence electrons. The molecule has 0 bridgehead atoms. The highest BCUT2D eigenvalue weighted by Crippen LogP contribution is 2.21. The summed E-state index contributed by atoms with van der Waals surface area (Å²) in [6.45, 7) is 14.1. The van der Waals surface area contributed by atoms with E-state index in [-0.39, 0.29) is 0 Å².